The van der Waals surface area contributed by atoms with Crippen molar-refractivity contribution in [3.63, 3.8) is 0 Å². The van der Waals surface area contributed by atoms with Crippen LogP contribution in [0, 0.1) is 18.8 Å². The number of aromatic nitrogens is 1. The predicted octanol–water partition coefficient (Wildman–Crippen LogP) is 2.01. The summed E-state index contributed by atoms with van der Waals surface area (Å²) in [6.45, 7) is 2.25. The quantitative estimate of drug-likeness (QED) is 0.821. The number of hydrogen-bond acceptors (Lipinski definition) is 4. The summed E-state index contributed by atoms with van der Waals surface area (Å²) in [5.74, 6) is 5.56. The second-order valence-corrected chi connectivity index (χ2v) is 4.72. The van der Waals surface area contributed by atoms with Gasteiger partial charge in [-0.05, 0) is 24.6 Å². The maximum atomic E-state index is 12.0. The fourth-order valence-corrected chi connectivity index (χ4v) is 2.02. The number of nitrogens with two attached hydrogens (primary N) is 1. The Balaban J connectivity index is 2.22. The van der Waals surface area contributed by atoms with Gasteiger partial charge < -0.3 is 5.73 Å². The Kier molecular flexibility index (Phi) is 4.29. The summed E-state index contributed by atoms with van der Waals surface area (Å²) < 4.78 is 0. The first-order chi connectivity index (χ1) is 9.20. The first-order valence-corrected chi connectivity index (χ1v) is 6.59. The second-order valence-electron chi connectivity index (χ2n) is 3.83. The molecule has 0 saturated carbocycles. The molecule has 1 heterocycles. The van der Waals surface area contributed by atoms with Gasteiger partial charge in [0.25, 0.3) is 5.91 Å². The van der Waals surface area contributed by atoms with Gasteiger partial charge in [0, 0.05) is 22.7 Å². The fraction of sp³-hybridized carbons (Fsp3) is 0.143. The highest BCUT2D eigenvalue weighted by molar-refractivity contribution is 7.13. The molecule has 2 rings (SSSR count). The number of rotatable bonds is 2. The third-order valence-electron chi connectivity index (χ3n) is 2.48. The number of aryl methyl sites for hydroxylation is 1. The van der Waals surface area contributed by atoms with E-state index >= 15 is 0 Å². The molecule has 0 atom stereocenters. The SMILES string of the molecule is Cc1ccc(C(=O)Nc2nccs2)cc1C#CCN. The number of nitrogens with zero attached hydrogens (tertiary/aromatic N) is 1. The maximum Gasteiger partial charge on any atom is 0.257 e. The summed E-state index contributed by atoms with van der Waals surface area (Å²) in [6, 6.07) is 5.41. The lowest BCUT2D eigenvalue weighted by atomic mass is 10.0. The molecule has 0 aliphatic rings. The van der Waals surface area contributed by atoms with Gasteiger partial charge in [-0.1, -0.05) is 17.9 Å². The average molecular weight is 271 g/mol. The molecule has 0 radical (unpaired) electrons. The molecule has 1 aromatic heterocycles. The summed E-state index contributed by atoms with van der Waals surface area (Å²) in [4.78, 5) is 16.0. The van der Waals surface area contributed by atoms with Gasteiger partial charge in [0.2, 0.25) is 0 Å². The minimum Gasteiger partial charge on any atom is -0.320 e. The highest BCUT2D eigenvalue weighted by Crippen LogP contribution is 2.14. The van der Waals surface area contributed by atoms with Gasteiger partial charge >= 0.3 is 0 Å². The van der Waals surface area contributed by atoms with Crippen LogP contribution in [0.4, 0.5) is 5.13 Å². The Hall–Kier alpha value is -2.16. The van der Waals surface area contributed by atoms with Crippen molar-refractivity contribution in [2.24, 2.45) is 5.73 Å². The third-order valence-corrected chi connectivity index (χ3v) is 3.17. The average Bonchev–Trinajstić information content (AvgIpc) is 2.90. The molecule has 1 aromatic carbocycles. The van der Waals surface area contributed by atoms with Crippen LogP contribution >= 0.6 is 11.3 Å². The Morgan fingerprint density at radius 1 is 1.53 bits per heavy atom. The van der Waals surface area contributed by atoms with Crippen molar-refractivity contribution >= 4 is 22.4 Å². The van der Waals surface area contributed by atoms with Crippen molar-refractivity contribution in [3.8, 4) is 11.8 Å². The zero-order valence-corrected chi connectivity index (χ0v) is 11.3. The van der Waals surface area contributed by atoms with Gasteiger partial charge in [0.1, 0.15) is 0 Å². The van der Waals surface area contributed by atoms with Gasteiger partial charge in [-0.2, -0.15) is 0 Å². The molecule has 1 amide bonds. The van der Waals surface area contributed by atoms with Crippen LogP contribution in [0.15, 0.2) is 29.8 Å². The van der Waals surface area contributed by atoms with Crippen LogP contribution in [0.25, 0.3) is 0 Å². The summed E-state index contributed by atoms with van der Waals surface area (Å²) in [5, 5.41) is 5.13. The number of thiazole rings is 1. The Morgan fingerprint density at radius 2 is 2.37 bits per heavy atom. The summed E-state index contributed by atoms with van der Waals surface area (Å²) in [5.41, 5.74) is 7.75. The Bertz CT molecular complexity index is 638. The van der Waals surface area contributed by atoms with E-state index < -0.39 is 0 Å². The first kappa shape index (κ1) is 13.3. The van der Waals surface area contributed by atoms with E-state index in [1.165, 1.54) is 11.3 Å². The third kappa shape index (κ3) is 3.41. The zero-order chi connectivity index (χ0) is 13.7. The predicted molar refractivity (Wildman–Crippen MR) is 77.2 cm³/mol. The summed E-state index contributed by atoms with van der Waals surface area (Å²) in [7, 11) is 0. The van der Waals surface area contributed by atoms with Crippen LogP contribution < -0.4 is 11.1 Å². The molecule has 3 N–H and O–H groups in total. The van der Waals surface area contributed by atoms with Gasteiger partial charge in [0.05, 0.1) is 6.54 Å². The summed E-state index contributed by atoms with van der Waals surface area (Å²) in [6.07, 6.45) is 1.65. The second kappa shape index (κ2) is 6.14. The molecule has 0 fully saturated rings. The van der Waals surface area contributed by atoms with E-state index in [0.29, 0.717) is 17.2 Å². The molecule has 0 saturated heterocycles. The van der Waals surface area contributed by atoms with Crippen LogP contribution in [0.2, 0.25) is 0 Å². The van der Waals surface area contributed by atoms with Crippen LogP contribution in [-0.4, -0.2) is 17.4 Å². The van der Waals surface area contributed by atoms with Gasteiger partial charge in [-0.3, -0.25) is 10.1 Å². The van der Waals surface area contributed by atoms with Crippen LogP contribution in [-0.2, 0) is 0 Å². The molecular formula is C14H13N3OS. The van der Waals surface area contributed by atoms with Crippen molar-refractivity contribution in [1.82, 2.24) is 4.98 Å². The number of carbonyl (C=O) groups excluding carboxylic acids is 1. The van der Waals surface area contributed by atoms with E-state index in [0.717, 1.165) is 11.1 Å². The van der Waals surface area contributed by atoms with Gasteiger partial charge in [-0.25, -0.2) is 4.98 Å². The lowest BCUT2D eigenvalue weighted by molar-refractivity contribution is 0.102. The Morgan fingerprint density at radius 3 is 3.05 bits per heavy atom. The smallest absolute Gasteiger partial charge is 0.257 e. The van der Waals surface area contributed by atoms with Crippen molar-refractivity contribution in [1.29, 1.82) is 0 Å². The van der Waals surface area contributed by atoms with Crippen LogP contribution in [0.3, 0.4) is 0 Å². The fourth-order valence-electron chi connectivity index (χ4n) is 1.50. The molecule has 4 nitrogen and oxygen atoms in total. The van der Waals surface area contributed by atoms with Crippen molar-refractivity contribution < 1.29 is 4.79 Å². The van der Waals surface area contributed by atoms with E-state index in [-0.39, 0.29) is 5.91 Å². The minimum atomic E-state index is -0.189. The molecule has 96 valence electrons. The molecule has 5 heteroatoms. The van der Waals surface area contributed by atoms with Gasteiger partial charge in [-0.15, -0.1) is 11.3 Å². The van der Waals surface area contributed by atoms with Crippen molar-refractivity contribution in [2.75, 3.05) is 11.9 Å². The molecule has 0 aliphatic carbocycles. The Labute approximate surface area is 115 Å². The molecular weight excluding hydrogens is 258 g/mol. The monoisotopic (exact) mass is 271 g/mol. The number of hydrogen-bond donors (Lipinski definition) is 2. The van der Waals surface area contributed by atoms with E-state index in [4.69, 9.17) is 5.73 Å². The highest BCUT2D eigenvalue weighted by Gasteiger charge is 2.08. The topological polar surface area (TPSA) is 68.0 Å². The largest absolute Gasteiger partial charge is 0.320 e. The van der Waals surface area contributed by atoms with E-state index in [2.05, 4.69) is 22.1 Å². The number of amides is 1. The molecule has 0 unspecified atom stereocenters. The lowest BCUT2D eigenvalue weighted by Crippen LogP contribution is -2.12. The van der Waals surface area contributed by atoms with Crippen LogP contribution in [0.1, 0.15) is 21.5 Å². The summed E-state index contributed by atoms with van der Waals surface area (Å²) >= 11 is 1.38. The maximum absolute atomic E-state index is 12.0. The number of nitrogens with one attached hydrogen (secondary N) is 1. The number of anilines is 1. The number of benzene rings is 1. The molecule has 19 heavy (non-hydrogen) atoms. The van der Waals surface area contributed by atoms with E-state index in [1.54, 1.807) is 18.3 Å². The van der Waals surface area contributed by atoms with Gasteiger partial charge in [0.15, 0.2) is 5.13 Å². The lowest BCUT2D eigenvalue weighted by Gasteiger charge is -2.04. The molecule has 0 aliphatic heterocycles. The standard InChI is InChI=1S/C14H13N3OS/c1-10-4-5-12(9-11(10)3-2-6-15)13(18)17-14-16-7-8-19-14/h4-5,7-9H,6,15H2,1H3,(H,16,17,18). The minimum absolute atomic E-state index is 0.189. The first-order valence-electron chi connectivity index (χ1n) is 5.71. The number of carbonyl (C=O) groups is 1. The van der Waals surface area contributed by atoms with Crippen LogP contribution in [0.5, 0.6) is 0 Å². The van der Waals surface area contributed by atoms with Crippen molar-refractivity contribution in [3.05, 3.63) is 46.5 Å². The molecule has 0 spiro atoms. The molecule has 0 bridgehead atoms. The highest BCUT2D eigenvalue weighted by atomic mass is 32.1. The zero-order valence-electron chi connectivity index (χ0n) is 10.4. The van der Waals surface area contributed by atoms with E-state index in [1.807, 2.05) is 18.4 Å². The van der Waals surface area contributed by atoms with Crippen molar-refractivity contribution in [2.45, 2.75) is 6.92 Å². The van der Waals surface area contributed by atoms with E-state index in [9.17, 15) is 4.79 Å². The molecule has 2 aromatic rings. The normalized spacial score (nSPS) is 9.58.